The summed E-state index contributed by atoms with van der Waals surface area (Å²) in [5.41, 5.74) is 0.872. The van der Waals surface area contributed by atoms with E-state index >= 15 is 0 Å². The van der Waals surface area contributed by atoms with Gasteiger partial charge >= 0.3 is 0 Å². The Morgan fingerprint density at radius 3 is 2.71 bits per heavy atom. The summed E-state index contributed by atoms with van der Waals surface area (Å²) in [7, 11) is 0. The van der Waals surface area contributed by atoms with Gasteiger partial charge in [-0.1, -0.05) is 16.7 Å². The molecule has 17 heavy (non-hydrogen) atoms. The van der Waals surface area contributed by atoms with E-state index in [0.717, 1.165) is 5.56 Å². The number of pyridine rings is 1. The third-order valence-corrected chi connectivity index (χ3v) is 2.75. The lowest BCUT2D eigenvalue weighted by Crippen LogP contribution is -2.38. The first kappa shape index (κ1) is 14.1. The number of rotatable bonds is 2. The van der Waals surface area contributed by atoms with Crippen LogP contribution in [0.25, 0.3) is 0 Å². The molecule has 0 bridgehead atoms. The second-order valence-electron chi connectivity index (χ2n) is 3.34. The van der Waals surface area contributed by atoms with Crippen molar-refractivity contribution in [3.05, 3.63) is 41.2 Å². The van der Waals surface area contributed by atoms with E-state index in [0.29, 0.717) is 11.7 Å². The zero-order valence-electron chi connectivity index (χ0n) is 8.68. The van der Waals surface area contributed by atoms with E-state index < -0.39 is 0 Å². The molecule has 0 aliphatic carbocycles. The van der Waals surface area contributed by atoms with Gasteiger partial charge in [0.25, 0.3) is 5.84 Å². The highest BCUT2D eigenvalue weighted by molar-refractivity contribution is 6.29. The number of aromatic nitrogens is 1. The Morgan fingerprint density at radius 2 is 2.12 bits per heavy atom. The lowest BCUT2D eigenvalue weighted by atomic mass is 10.2. The van der Waals surface area contributed by atoms with Crippen LogP contribution in [0.4, 0.5) is 0 Å². The standard InChI is InChI=1S/C10H9Cl2N4.ClH/c11-9-4-3-8(6-14-9)7-16(12)10(13)2-1-5-15-16;/h1-6,13H,7H2;1H/q+1;. The maximum atomic E-state index is 7.73. The maximum absolute atomic E-state index is 7.73. The van der Waals surface area contributed by atoms with E-state index in [-0.39, 0.29) is 22.4 Å². The van der Waals surface area contributed by atoms with E-state index in [9.17, 15) is 0 Å². The van der Waals surface area contributed by atoms with Crippen molar-refractivity contribution in [3.8, 4) is 0 Å². The molecule has 1 aromatic heterocycles. The van der Waals surface area contributed by atoms with Gasteiger partial charge in [-0.3, -0.25) is 0 Å². The summed E-state index contributed by atoms with van der Waals surface area (Å²) in [5.74, 6) is 0.221. The van der Waals surface area contributed by atoms with Crippen LogP contribution in [-0.4, -0.2) is 21.1 Å². The van der Waals surface area contributed by atoms with Crippen molar-refractivity contribution in [1.29, 1.82) is 5.41 Å². The average molecular weight is 293 g/mol. The summed E-state index contributed by atoms with van der Waals surface area (Å²) in [5, 5.41) is 12.2. The van der Waals surface area contributed by atoms with Crippen LogP contribution < -0.4 is 0 Å². The van der Waals surface area contributed by atoms with Crippen molar-refractivity contribution < 1.29 is 4.11 Å². The quantitative estimate of drug-likeness (QED) is 0.660. The monoisotopic (exact) mass is 291 g/mol. The van der Waals surface area contributed by atoms with Crippen LogP contribution in [-0.2, 0) is 6.54 Å². The molecule has 1 aromatic rings. The minimum absolute atomic E-state index is 0. The van der Waals surface area contributed by atoms with E-state index in [1.807, 2.05) is 6.07 Å². The third-order valence-electron chi connectivity index (χ3n) is 2.14. The van der Waals surface area contributed by atoms with Gasteiger partial charge in [0, 0.05) is 17.8 Å². The van der Waals surface area contributed by atoms with E-state index in [1.165, 1.54) is 0 Å². The molecule has 0 radical (unpaired) electrons. The van der Waals surface area contributed by atoms with Crippen molar-refractivity contribution >= 4 is 47.8 Å². The van der Waals surface area contributed by atoms with Gasteiger partial charge < -0.3 is 0 Å². The van der Waals surface area contributed by atoms with Gasteiger partial charge in [-0.2, -0.15) is 0 Å². The number of hydrogen-bond acceptors (Lipinski definition) is 3. The van der Waals surface area contributed by atoms with Gasteiger partial charge in [-0.25, -0.2) is 10.4 Å². The normalized spacial score (nSPS) is 22.4. The van der Waals surface area contributed by atoms with Crippen LogP contribution in [0.1, 0.15) is 5.56 Å². The van der Waals surface area contributed by atoms with Gasteiger partial charge in [0.15, 0.2) is 6.54 Å². The second-order valence-corrected chi connectivity index (χ2v) is 4.28. The first-order valence-corrected chi connectivity index (χ1v) is 5.31. The molecule has 1 atom stereocenters. The highest BCUT2D eigenvalue weighted by atomic mass is 35.5. The van der Waals surface area contributed by atoms with Gasteiger partial charge in [0.05, 0.1) is 6.21 Å². The molecule has 0 fully saturated rings. The molecule has 2 rings (SSSR count). The van der Waals surface area contributed by atoms with Gasteiger partial charge in [0.1, 0.15) is 5.15 Å². The second kappa shape index (κ2) is 5.60. The number of amidine groups is 1. The van der Waals surface area contributed by atoms with Gasteiger partial charge in [-0.15, -0.1) is 12.4 Å². The molecule has 0 amide bonds. The van der Waals surface area contributed by atoms with Crippen LogP contribution in [0.3, 0.4) is 0 Å². The Bertz CT molecular complexity index is 469. The first-order chi connectivity index (χ1) is 7.60. The number of quaternary nitrogens is 1. The molecule has 0 spiro atoms. The van der Waals surface area contributed by atoms with Gasteiger partial charge in [-0.05, 0) is 22.3 Å². The molecule has 90 valence electrons. The van der Waals surface area contributed by atoms with Crippen LogP contribution in [0.2, 0.25) is 5.15 Å². The molecule has 1 unspecified atom stereocenters. The molecular weight excluding hydrogens is 282 g/mol. The minimum Gasteiger partial charge on any atom is -0.247 e. The third kappa shape index (κ3) is 3.26. The summed E-state index contributed by atoms with van der Waals surface area (Å²) < 4.78 is -0.320. The average Bonchev–Trinajstić information content (AvgIpc) is 2.26. The lowest BCUT2D eigenvalue weighted by molar-refractivity contribution is -0.741. The highest BCUT2D eigenvalue weighted by Crippen LogP contribution is 2.22. The first-order valence-electron chi connectivity index (χ1n) is 4.60. The Labute approximate surface area is 115 Å². The predicted octanol–water partition coefficient (Wildman–Crippen LogP) is 3.16. The molecular formula is C10H10Cl3N4+. The summed E-state index contributed by atoms with van der Waals surface area (Å²) in [4.78, 5) is 3.96. The number of halogens is 3. The molecule has 1 aliphatic heterocycles. The van der Waals surface area contributed by atoms with Crippen molar-refractivity contribution in [1.82, 2.24) is 4.98 Å². The Morgan fingerprint density at radius 1 is 1.35 bits per heavy atom. The molecule has 1 N–H and O–H groups in total. The lowest BCUT2D eigenvalue weighted by Gasteiger charge is -2.21. The predicted molar refractivity (Wildman–Crippen MR) is 71.7 cm³/mol. The number of allylic oxidation sites excluding steroid dienone is 1. The van der Waals surface area contributed by atoms with Crippen LogP contribution in [0.15, 0.2) is 35.6 Å². The Balaban J connectivity index is 0.00000144. The fourth-order valence-corrected chi connectivity index (χ4v) is 1.68. The maximum Gasteiger partial charge on any atom is 0.265 e. The van der Waals surface area contributed by atoms with Crippen LogP contribution in [0, 0.1) is 5.41 Å². The van der Waals surface area contributed by atoms with Crippen LogP contribution >= 0.6 is 35.8 Å². The minimum atomic E-state index is -0.320. The fourth-order valence-electron chi connectivity index (χ4n) is 1.32. The largest absolute Gasteiger partial charge is 0.265 e. The van der Waals surface area contributed by atoms with Crippen LogP contribution in [0.5, 0.6) is 0 Å². The van der Waals surface area contributed by atoms with E-state index in [4.69, 9.17) is 28.8 Å². The zero-order valence-corrected chi connectivity index (χ0v) is 11.0. The number of hydrogen-bond donors (Lipinski definition) is 1. The molecule has 2 heterocycles. The van der Waals surface area contributed by atoms with Crippen molar-refractivity contribution in [2.75, 3.05) is 0 Å². The zero-order chi connectivity index (χ0) is 11.6. The van der Waals surface area contributed by atoms with Gasteiger partial charge in [0.2, 0.25) is 11.8 Å². The highest BCUT2D eigenvalue weighted by Gasteiger charge is 2.33. The molecule has 1 aliphatic rings. The molecule has 4 nitrogen and oxygen atoms in total. The van der Waals surface area contributed by atoms with Crippen molar-refractivity contribution in [2.45, 2.75) is 6.54 Å². The topological polar surface area (TPSA) is 49.1 Å². The Kier molecular flexibility index (Phi) is 4.65. The Hall–Kier alpha value is -0.940. The smallest absolute Gasteiger partial charge is 0.247 e. The molecule has 0 saturated carbocycles. The molecule has 0 saturated heterocycles. The summed E-state index contributed by atoms with van der Waals surface area (Å²) in [6.45, 7) is 0.366. The SMILES string of the molecule is Cl.N=C1C=CC=N[N+]1(Cl)Cc1ccc(Cl)nc1. The summed E-state index contributed by atoms with van der Waals surface area (Å²) >= 11 is 11.9. The molecule has 0 aromatic carbocycles. The van der Waals surface area contributed by atoms with Crippen molar-refractivity contribution in [2.24, 2.45) is 5.10 Å². The number of nitrogens with one attached hydrogen (secondary N) is 1. The van der Waals surface area contributed by atoms with E-state index in [2.05, 4.69) is 10.1 Å². The molecule has 7 heteroatoms. The summed E-state index contributed by atoms with van der Waals surface area (Å²) in [6.07, 6.45) is 6.50. The fraction of sp³-hybridized carbons (Fsp3) is 0.100. The summed E-state index contributed by atoms with van der Waals surface area (Å²) in [6, 6.07) is 3.51. The number of nitrogens with zero attached hydrogens (tertiary/aromatic N) is 3. The van der Waals surface area contributed by atoms with E-state index in [1.54, 1.807) is 30.6 Å². The van der Waals surface area contributed by atoms with Crippen molar-refractivity contribution in [3.63, 3.8) is 0 Å².